The number of fused-ring (bicyclic) bond motifs is 3. The number of pyridine rings is 1. The van der Waals surface area contributed by atoms with Gasteiger partial charge in [-0.05, 0) is 39.0 Å². The van der Waals surface area contributed by atoms with Crippen molar-refractivity contribution in [2.75, 3.05) is 33.2 Å². The fourth-order valence-electron chi connectivity index (χ4n) is 4.27. The van der Waals surface area contributed by atoms with Gasteiger partial charge in [0.05, 0.1) is 24.0 Å². The van der Waals surface area contributed by atoms with Crippen molar-refractivity contribution >= 4 is 10.9 Å². The Balaban J connectivity index is 1.84. The first-order valence-corrected chi connectivity index (χ1v) is 9.04. The molecule has 148 valence electrons. The fraction of sp³-hybridized carbons (Fsp3) is 0.611. The van der Waals surface area contributed by atoms with Crippen molar-refractivity contribution in [1.82, 2.24) is 19.4 Å². The highest BCUT2D eigenvalue weighted by atomic mass is 19.4. The zero-order valence-corrected chi connectivity index (χ0v) is 15.0. The zero-order valence-electron chi connectivity index (χ0n) is 15.0. The number of hydrogen-bond acceptors (Lipinski definition) is 3. The number of halogens is 5. The smallest absolute Gasteiger partial charge is 0.337 e. The maximum Gasteiger partial charge on any atom is 0.433 e. The SMILES string of the molecule is CN1Cc2c(n(CCN3CCCC3)c3cnc(C(F)(F)F)cc23)C(F)(F)C1. The summed E-state index contributed by atoms with van der Waals surface area (Å²) in [6.07, 6.45) is -1.34. The Bertz CT molecular complexity index is 852. The van der Waals surface area contributed by atoms with Crippen LogP contribution in [0.3, 0.4) is 0 Å². The van der Waals surface area contributed by atoms with Gasteiger partial charge in [0.15, 0.2) is 0 Å². The number of alkyl halides is 5. The lowest BCUT2D eigenvalue weighted by Crippen LogP contribution is -2.39. The van der Waals surface area contributed by atoms with Crippen molar-refractivity contribution in [1.29, 1.82) is 0 Å². The predicted octanol–water partition coefficient (Wildman–Crippen LogP) is 3.69. The Labute approximate surface area is 153 Å². The Morgan fingerprint density at radius 3 is 2.52 bits per heavy atom. The molecule has 2 aliphatic heterocycles. The van der Waals surface area contributed by atoms with Crippen molar-refractivity contribution in [3.8, 4) is 0 Å². The molecular weight excluding hydrogens is 367 g/mol. The molecule has 0 spiro atoms. The van der Waals surface area contributed by atoms with Crippen LogP contribution in [0.1, 0.15) is 29.8 Å². The summed E-state index contributed by atoms with van der Waals surface area (Å²) in [4.78, 5) is 7.15. The van der Waals surface area contributed by atoms with Crippen LogP contribution in [0.15, 0.2) is 12.3 Å². The summed E-state index contributed by atoms with van der Waals surface area (Å²) < 4.78 is 70.5. The van der Waals surface area contributed by atoms with Crippen molar-refractivity contribution in [3.63, 3.8) is 0 Å². The van der Waals surface area contributed by atoms with Gasteiger partial charge >= 0.3 is 12.1 Å². The number of aromatic nitrogens is 2. The molecule has 0 saturated carbocycles. The minimum Gasteiger partial charge on any atom is -0.337 e. The second kappa shape index (κ2) is 6.41. The van der Waals surface area contributed by atoms with Gasteiger partial charge in [-0.15, -0.1) is 0 Å². The van der Waals surface area contributed by atoms with Crippen LogP contribution in [0.25, 0.3) is 10.9 Å². The first-order valence-electron chi connectivity index (χ1n) is 9.04. The number of likely N-dealkylation sites (tertiary alicyclic amines) is 1. The third-order valence-electron chi connectivity index (χ3n) is 5.43. The molecular formula is C18H21F5N4. The van der Waals surface area contributed by atoms with Gasteiger partial charge in [-0.2, -0.15) is 22.0 Å². The average Bonchev–Trinajstić information content (AvgIpc) is 3.17. The molecule has 1 saturated heterocycles. The Morgan fingerprint density at radius 1 is 1.15 bits per heavy atom. The van der Waals surface area contributed by atoms with Crippen molar-refractivity contribution in [2.24, 2.45) is 0 Å². The highest BCUT2D eigenvalue weighted by molar-refractivity contribution is 5.86. The van der Waals surface area contributed by atoms with E-state index in [-0.39, 0.29) is 23.2 Å². The van der Waals surface area contributed by atoms with Crippen molar-refractivity contribution in [3.05, 3.63) is 29.2 Å². The standard InChI is InChI=1S/C18H21F5N4/c1-25-10-13-12-8-15(18(21,22)23)24-9-14(12)27(16(13)17(19,20)11-25)7-6-26-4-2-3-5-26/h8-9H,2-7,10-11H2,1H3. The molecule has 9 heteroatoms. The lowest BCUT2D eigenvalue weighted by atomic mass is 10.0. The van der Waals surface area contributed by atoms with E-state index >= 15 is 0 Å². The molecule has 0 unspecified atom stereocenters. The summed E-state index contributed by atoms with van der Waals surface area (Å²) >= 11 is 0. The van der Waals surface area contributed by atoms with Crippen LogP contribution in [-0.2, 0) is 25.2 Å². The van der Waals surface area contributed by atoms with Gasteiger partial charge in [0.2, 0.25) is 0 Å². The first-order chi connectivity index (χ1) is 12.7. The van der Waals surface area contributed by atoms with E-state index in [2.05, 4.69) is 9.88 Å². The topological polar surface area (TPSA) is 24.3 Å². The Kier molecular flexibility index (Phi) is 4.42. The maximum absolute atomic E-state index is 14.9. The van der Waals surface area contributed by atoms with Crippen molar-refractivity contribution in [2.45, 2.75) is 38.0 Å². The molecule has 0 aromatic carbocycles. The number of nitrogens with zero attached hydrogens (tertiary/aromatic N) is 4. The molecule has 4 heterocycles. The van der Waals surface area contributed by atoms with Gasteiger partial charge < -0.3 is 9.47 Å². The molecule has 2 aromatic heterocycles. The molecule has 27 heavy (non-hydrogen) atoms. The molecule has 0 amide bonds. The van der Waals surface area contributed by atoms with E-state index in [0.29, 0.717) is 18.6 Å². The summed E-state index contributed by atoms with van der Waals surface area (Å²) in [7, 11) is 1.55. The van der Waals surface area contributed by atoms with Crippen molar-refractivity contribution < 1.29 is 22.0 Å². The second-order valence-corrected chi connectivity index (χ2v) is 7.49. The summed E-state index contributed by atoms with van der Waals surface area (Å²) in [6, 6.07) is 0.912. The molecule has 0 atom stereocenters. The lowest BCUT2D eigenvalue weighted by Gasteiger charge is -2.31. The van der Waals surface area contributed by atoms with Crippen LogP contribution >= 0.6 is 0 Å². The highest BCUT2D eigenvalue weighted by Gasteiger charge is 2.44. The summed E-state index contributed by atoms with van der Waals surface area (Å²) in [5, 5.41) is 0.222. The van der Waals surface area contributed by atoms with Crippen LogP contribution in [-0.4, -0.2) is 52.6 Å². The molecule has 2 aliphatic rings. The van der Waals surface area contributed by atoms with Crippen LogP contribution in [0.4, 0.5) is 22.0 Å². The van der Waals surface area contributed by atoms with E-state index < -0.39 is 24.3 Å². The zero-order chi connectivity index (χ0) is 19.4. The average molecular weight is 388 g/mol. The number of rotatable bonds is 3. The highest BCUT2D eigenvalue weighted by Crippen LogP contribution is 2.42. The molecule has 1 fully saturated rings. The minimum absolute atomic E-state index is 0.157. The molecule has 0 bridgehead atoms. The van der Waals surface area contributed by atoms with Gasteiger partial charge in [0, 0.05) is 30.6 Å². The third kappa shape index (κ3) is 3.31. The normalized spacial score (nSPS) is 21.1. The van der Waals surface area contributed by atoms with E-state index in [1.54, 1.807) is 7.05 Å². The maximum atomic E-state index is 14.9. The van der Waals surface area contributed by atoms with Gasteiger partial charge in [-0.25, -0.2) is 4.98 Å². The van der Waals surface area contributed by atoms with Crippen LogP contribution in [0.5, 0.6) is 0 Å². The molecule has 0 radical (unpaired) electrons. The van der Waals surface area contributed by atoms with E-state index in [1.165, 1.54) is 9.47 Å². The largest absolute Gasteiger partial charge is 0.433 e. The van der Waals surface area contributed by atoms with Crippen LogP contribution in [0.2, 0.25) is 0 Å². The number of likely N-dealkylation sites (N-methyl/N-ethyl adjacent to an activating group) is 1. The van der Waals surface area contributed by atoms with Gasteiger partial charge in [-0.3, -0.25) is 4.90 Å². The Morgan fingerprint density at radius 2 is 1.85 bits per heavy atom. The monoisotopic (exact) mass is 388 g/mol. The molecule has 0 aliphatic carbocycles. The fourth-order valence-corrected chi connectivity index (χ4v) is 4.27. The summed E-state index contributed by atoms with van der Waals surface area (Å²) in [5.41, 5.74) is -0.581. The molecule has 2 aromatic rings. The van der Waals surface area contributed by atoms with Gasteiger partial charge in [-0.1, -0.05) is 0 Å². The number of hydrogen-bond donors (Lipinski definition) is 0. The lowest BCUT2D eigenvalue weighted by molar-refractivity contribution is -0.141. The molecule has 0 N–H and O–H groups in total. The predicted molar refractivity (Wildman–Crippen MR) is 90.6 cm³/mol. The summed E-state index contributed by atoms with van der Waals surface area (Å²) in [6.45, 7) is 2.52. The summed E-state index contributed by atoms with van der Waals surface area (Å²) in [5.74, 6) is -3.12. The second-order valence-electron chi connectivity index (χ2n) is 7.49. The van der Waals surface area contributed by atoms with E-state index in [9.17, 15) is 22.0 Å². The van der Waals surface area contributed by atoms with Gasteiger partial charge in [0.25, 0.3) is 0 Å². The van der Waals surface area contributed by atoms with Crippen LogP contribution < -0.4 is 0 Å². The third-order valence-corrected chi connectivity index (χ3v) is 5.43. The van der Waals surface area contributed by atoms with E-state index in [4.69, 9.17) is 0 Å². The molecule has 4 rings (SSSR count). The minimum atomic E-state index is -4.61. The van der Waals surface area contributed by atoms with Gasteiger partial charge in [0.1, 0.15) is 5.69 Å². The van der Waals surface area contributed by atoms with Crippen LogP contribution in [0, 0.1) is 0 Å². The van der Waals surface area contributed by atoms with E-state index in [0.717, 1.165) is 38.2 Å². The quantitative estimate of drug-likeness (QED) is 0.750. The first kappa shape index (κ1) is 18.6. The van der Waals surface area contributed by atoms with E-state index in [1.807, 2.05) is 0 Å². The molecule has 4 nitrogen and oxygen atoms in total. The Hall–Kier alpha value is -1.74.